The van der Waals surface area contributed by atoms with Crippen molar-refractivity contribution in [3.8, 4) is 0 Å². The molecular formula is C16H20F3NO4. The third kappa shape index (κ3) is 6.47. The molecule has 0 spiro atoms. The van der Waals surface area contributed by atoms with E-state index in [-0.39, 0.29) is 0 Å². The molecule has 0 saturated heterocycles. The van der Waals surface area contributed by atoms with Gasteiger partial charge in [0.2, 0.25) is 0 Å². The first-order valence-corrected chi connectivity index (χ1v) is 7.18. The predicted octanol–water partition coefficient (Wildman–Crippen LogP) is 3.53. The van der Waals surface area contributed by atoms with Gasteiger partial charge in [-0.1, -0.05) is 30.3 Å². The van der Waals surface area contributed by atoms with Gasteiger partial charge in [-0.05, 0) is 26.3 Å². The van der Waals surface area contributed by atoms with Crippen LogP contribution in [-0.4, -0.2) is 34.5 Å². The van der Waals surface area contributed by atoms with Gasteiger partial charge in [-0.15, -0.1) is 0 Å². The van der Waals surface area contributed by atoms with Crippen LogP contribution in [0.2, 0.25) is 0 Å². The molecule has 1 aromatic carbocycles. The molecule has 0 aliphatic rings. The summed E-state index contributed by atoms with van der Waals surface area (Å²) in [6, 6.07) is 7.78. The Morgan fingerprint density at radius 2 is 1.67 bits per heavy atom. The molecule has 0 saturated carbocycles. The normalized spacial score (nSPS) is 14.6. The molecule has 0 aromatic heterocycles. The number of carbonyl (C=O) groups excluding carboxylic acids is 1. The highest BCUT2D eigenvalue weighted by Crippen LogP contribution is 2.31. The molecule has 0 aliphatic carbocycles. The molecule has 0 heterocycles. The molecule has 1 aromatic rings. The standard InChI is InChI=1S/C16H20F3NO4/c1-14(2,3)24-13(23)20-15(12(21)22,10-16(17,18)19)9-11-7-5-4-6-8-11/h4-8H,9-10H2,1-3H3,(H,20,23)(H,21,22). The number of carboxylic acids is 1. The minimum absolute atomic E-state index is 0.347. The van der Waals surface area contributed by atoms with Crippen LogP contribution in [0.5, 0.6) is 0 Å². The maximum Gasteiger partial charge on any atom is 0.408 e. The van der Waals surface area contributed by atoms with Crippen LogP contribution >= 0.6 is 0 Å². The number of rotatable bonds is 5. The molecule has 1 amide bonds. The quantitative estimate of drug-likeness (QED) is 0.854. The lowest BCUT2D eigenvalue weighted by Gasteiger charge is -2.32. The summed E-state index contributed by atoms with van der Waals surface area (Å²) in [5, 5.41) is 11.3. The highest BCUT2D eigenvalue weighted by Gasteiger charge is 2.49. The second-order valence-corrected chi connectivity index (χ2v) is 6.47. The average molecular weight is 347 g/mol. The summed E-state index contributed by atoms with van der Waals surface area (Å²) in [5.41, 5.74) is -3.18. The number of benzene rings is 1. The van der Waals surface area contributed by atoms with Crippen LogP contribution in [0, 0.1) is 0 Å². The van der Waals surface area contributed by atoms with E-state index in [1.165, 1.54) is 32.9 Å². The number of alkyl halides is 3. The van der Waals surface area contributed by atoms with Gasteiger partial charge in [-0.3, -0.25) is 0 Å². The number of alkyl carbamates (subject to hydrolysis) is 1. The van der Waals surface area contributed by atoms with Gasteiger partial charge in [-0.2, -0.15) is 13.2 Å². The molecule has 0 aliphatic heterocycles. The van der Waals surface area contributed by atoms with Crippen molar-refractivity contribution >= 4 is 12.1 Å². The van der Waals surface area contributed by atoms with Gasteiger partial charge < -0.3 is 15.2 Å². The lowest BCUT2D eigenvalue weighted by atomic mass is 9.87. The molecule has 0 bridgehead atoms. The van der Waals surface area contributed by atoms with E-state index in [9.17, 15) is 27.9 Å². The zero-order valence-electron chi connectivity index (χ0n) is 13.6. The van der Waals surface area contributed by atoms with Crippen LogP contribution in [0.4, 0.5) is 18.0 Å². The lowest BCUT2D eigenvalue weighted by molar-refractivity contribution is -0.169. The van der Waals surface area contributed by atoms with Gasteiger partial charge in [0.25, 0.3) is 0 Å². The second kappa shape index (κ2) is 7.11. The number of amides is 1. The number of hydrogen-bond acceptors (Lipinski definition) is 3. The van der Waals surface area contributed by atoms with Crippen molar-refractivity contribution in [1.29, 1.82) is 0 Å². The van der Waals surface area contributed by atoms with Crippen LogP contribution < -0.4 is 5.32 Å². The lowest BCUT2D eigenvalue weighted by Crippen LogP contribution is -2.59. The van der Waals surface area contributed by atoms with Crippen molar-refractivity contribution in [2.75, 3.05) is 0 Å². The van der Waals surface area contributed by atoms with Crippen molar-refractivity contribution in [2.24, 2.45) is 0 Å². The number of aliphatic carboxylic acids is 1. The fourth-order valence-corrected chi connectivity index (χ4v) is 2.14. The Morgan fingerprint density at radius 1 is 1.12 bits per heavy atom. The zero-order valence-corrected chi connectivity index (χ0v) is 13.6. The van der Waals surface area contributed by atoms with E-state index in [0.29, 0.717) is 5.56 Å². The van der Waals surface area contributed by atoms with Crippen molar-refractivity contribution in [3.05, 3.63) is 35.9 Å². The van der Waals surface area contributed by atoms with Gasteiger partial charge in [-0.25, -0.2) is 9.59 Å². The van der Waals surface area contributed by atoms with Crippen molar-refractivity contribution in [2.45, 2.75) is 50.9 Å². The van der Waals surface area contributed by atoms with Crippen LogP contribution in [0.15, 0.2) is 30.3 Å². The predicted molar refractivity (Wildman–Crippen MR) is 80.6 cm³/mol. The van der Waals surface area contributed by atoms with Gasteiger partial charge in [0, 0.05) is 6.42 Å². The molecule has 0 radical (unpaired) electrons. The SMILES string of the molecule is CC(C)(C)OC(=O)NC(Cc1ccccc1)(CC(F)(F)F)C(=O)O. The molecule has 1 unspecified atom stereocenters. The number of carboxylic acid groups (broad SMARTS) is 1. The monoisotopic (exact) mass is 347 g/mol. The Bertz CT molecular complexity index is 581. The number of nitrogens with one attached hydrogen (secondary N) is 1. The fraction of sp³-hybridized carbons (Fsp3) is 0.500. The number of halogens is 3. The summed E-state index contributed by atoms with van der Waals surface area (Å²) in [7, 11) is 0. The highest BCUT2D eigenvalue weighted by atomic mass is 19.4. The molecule has 2 N–H and O–H groups in total. The number of hydrogen-bond donors (Lipinski definition) is 2. The van der Waals surface area contributed by atoms with E-state index in [2.05, 4.69) is 0 Å². The van der Waals surface area contributed by atoms with E-state index >= 15 is 0 Å². The van der Waals surface area contributed by atoms with Crippen molar-refractivity contribution in [3.63, 3.8) is 0 Å². The van der Waals surface area contributed by atoms with Crippen LogP contribution in [0.1, 0.15) is 32.8 Å². The summed E-state index contributed by atoms with van der Waals surface area (Å²) in [6.07, 6.45) is -8.25. The topological polar surface area (TPSA) is 75.6 Å². The third-order valence-corrected chi connectivity index (χ3v) is 3.00. The molecule has 1 rings (SSSR count). The van der Waals surface area contributed by atoms with E-state index in [4.69, 9.17) is 4.74 Å². The van der Waals surface area contributed by atoms with Crippen LogP contribution in [-0.2, 0) is 16.0 Å². The molecule has 24 heavy (non-hydrogen) atoms. The maximum atomic E-state index is 12.9. The first-order chi connectivity index (χ1) is 10.8. The molecule has 8 heteroatoms. The molecule has 0 fully saturated rings. The Kier molecular flexibility index (Phi) is 5.86. The summed E-state index contributed by atoms with van der Waals surface area (Å²) < 4.78 is 43.8. The first kappa shape index (κ1) is 19.8. The van der Waals surface area contributed by atoms with E-state index in [1.54, 1.807) is 18.2 Å². The molecule has 5 nitrogen and oxygen atoms in total. The van der Waals surface area contributed by atoms with E-state index in [1.807, 2.05) is 5.32 Å². The molecular weight excluding hydrogens is 327 g/mol. The summed E-state index contributed by atoms with van der Waals surface area (Å²) >= 11 is 0. The highest BCUT2D eigenvalue weighted by molar-refractivity contribution is 5.85. The van der Waals surface area contributed by atoms with Gasteiger partial charge in [0.05, 0.1) is 6.42 Å². The first-order valence-electron chi connectivity index (χ1n) is 7.18. The van der Waals surface area contributed by atoms with Crippen molar-refractivity contribution < 1.29 is 32.6 Å². The fourth-order valence-electron chi connectivity index (χ4n) is 2.14. The van der Waals surface area contributed by atoms with Gasteiger partial charge in [0.1, 0.15) is 5.60 Å². The number of carbonyl (C=O) groups is 2. The van der Waals surface area contributed by atoms with E-state index < -0.39 is 42.2 Å². The number of ether oxygens (including phenoxy) is 1. The Morgan fingerprint density at radius 3 is 2.08 bits per heavy atom. The summed E-state index contributed by atoms with van der Waals surface area (Å²) in [6.45, 7) is 4.57. The third-order valence-electron chi connectivity index (χ3n) is 3.00. The Balaban J connectivity index is 3.16. The van der Waals surface area contributed by atoms with E-state index in [0.717, 1.165) is 0 Å². The van der Waals surface area contributed by atoms with Crippen LogP contribution in [0.25, 0.3) is 0 Å². The maximum absolute atomic E-state index is 12.9. The molecule has 1 atom stereocenters. The summed E-state index contributed by atoms with van der Waals surface area (Å²) in [4.78, 5) is 23.5. The largest absolute Gasteiger partial charge is 0.479 e. The van der Waals surface area contributed by atoms with Gasteiger partial charge in [0.15, 0.2) is 5.54 Å². The van der Waals surface area contributed by atoms with Crippen molar-refractivity contribution in [1.82, 2.24) is 5.32 Å². The summed E-state index contributed by atoms with van der Waals surface area (Å²) in [5.74, 6) is -1.78. The minimum Gasteiger partial charge on any atom is -0.479 e. The average Bonchev–Trinajstić information content (AvgIpc) is 2.34. The second-order valence-electron chi connectivity index (χ2n) is 6.47. The van der Waals surface area contributed by atoms with Gasteiger partial charge >= 0.3 is 18.2 Å². The molecule has 134 valence electrons. The Hall–Kier alpha value is -2.25. The smallest absolute Gasteiger partial charge is 0.408 e. The van der Waals surface area contributed by atoms with Crippen LogP contribution in [0.3, 0.4) is 0 Å². The zero-order chi connectivity index (χ0) is 18.6. The Labute approximate surface area is 137 Å². The minimum atomic E-state index is -4.79.